The van der Waals surface area contributed by atoms with Gasteiger partial charge in [-0.3, -0.25) is 14.6 Å². The molecule has 3 saturated heterocycles. The van der Waals surface area contributed by atoms with Crippen molar-refractivity contribution in [2.24, 2.45) is 5.92 Å². The molecule has 1 atom stereocenters. The summed E-state index contributed by atoms with van der Waals surface area (Å²) in [6, 6.07) is 7.55. The van der Waals surface area contributed by atoms with Crippen LogP contribution < -0.4 is 0 Å². The first-order valence-corrected chi connectivity index (χ1v) is 10.5. The summed E-state index contributed by atoms with van der Waals surface area (Å²) < 4.78 is 5.75. The lowest BCUT2D eigenvalue weighted by molar-refractivity contribution is -0.158. The summed E-state index contributed by atoms with van der Waals surface area (Å²) in [5.74, 6) is 0.837. The zero-order chi connectivity index (χ0) is 19.0. The maximum absolute atomic E-state index is 13.1. The van der Waals surface area contributed by atoms with Crippen LogP contribution in [0.2, 0.25) is 5.02 Å². The van der Waals surface area contributed by atoms with Crippen molar-refractivity contribution in [1.82, 2.24) is 14.7 Å². The molecule has 1 aromatic carbocycles. The van der Waals surface area contributed by atoms with Crippen LogP contribution in [-0.2, 0) is 4.74 Å². The fourth-order valence-electron chi connectivity index (χ4n) is 4.79. The molecule has 5 nitrogen and oxygen atoms in total. The van der Waals surface area contributed by atoms with Gasteiger partial charge in [0, 0.05) is 43.3 Å². The summed E-state index contributed by atoms with van der Waals surface area (Å²) in [5, 5.41) is 0.660. The van der Waals surface area contributed by atoms with E-state index in [2.05, 4.69) is 23.6 Å². The van der Waals surface area contributed by atoms with Crippen molar-refractivity contribution in [1.29, 1.82) is 0 Å². The zero-order valence-corrected chi connectivity index (χ0v) is 17.1. The quantitative estimate of drug-likeness (QED) is 0.790. The van der Waals surface area contributed by atoms with Crippen molar-refractivity contribution in [2.45, 2.75) is 31.8 Å². The Hall–Kier alpha value is -1.14. The molecule has 27 heavy (non-hydrogen) atoms. The first-order valence-electron chi connectivity index (χ1n) is 10.1. The maximum atomic E-state index is 13.1. The number of halogens is 1. The van der Waals surface area contributed by atoms with E-state index >= 15 is 0 Å². The molecule has 0 N–H and O–H groups in total. The number of ether oxygens (including phenoxy) is 1. The summed E-state index contributed by atoms with van der Waals surface area (Å²) >= 11 is 5.98. The molecule has 6 heteroatoms. The number of amides is 1. The Kier molecular flexibility index (Phi) is 5.48. The molecule has 3 fully saturated rings. The Balaban J connectivity index is 1.49. The number of nitrogens with zero attached hydrogens (tertiary/aromatic N) is 3. The number of fused-ring (bicyclic) bond motifs is 2. The Bertz CT molecular complexity index is 673. The number of morpholine rings is 1. The number of carbonyl (C=O) groups is 1. The third kappa shape index (κ3) is 3.88. The van der Waals surface area contributed by atoms with E-state index in [-0.39, 0.29) is 11.4 Å². The van der Waals surface area contributed by atoms with Gasteiger partial charge in [-0.1, -0.05) is 25.4 Å². The summed E-state index contributed by atoms with van der Waals surface area (Å²) in [6.45, 7) is 11.9. The second-order valence-corrected chi connectivity index (χ2v) is 9.17. The van der Waals surface area contributed by atoms with Crippen molar-refractivity contribution < 1.29 is 9.53 Å². The van der Waals surface area contributed by atoms with Crippen LogP contribution in [0.1, 0.15) is 30.6 Å². The third-order valence-electron chi connectivity index (χ3n) is 6.19. The first kappa shape index (κ1) is 19.2. The molecule has 1 spiro atoms. The van der Waals surface area contributed by atoms with E-state index in [1.165, 1.54) is 6.42 Å². The normalized spacial score (nSPS) is 25.5. The Morgan fingerprint density at radius 3 is 2.70 bits per heavy atom. The Morgan fingerprint density at radius 2 is 2.00 bits per heavy atom. The lowest BCUT2D eigenvalue weighted by atomic mass is 9.82. The minimum Gasteiger partial charge on any atom is -0.378 e. The molecule has 3 aliphatic heterocycles. The van der Waals surface area contributed by atoms with Crippen LogP contribution in [0.25, 0.3) is 0 Å². The van der Waals surface area contributed by atoms with Gasteiger partial charge in [0.25, 0.3) is 5.91 Å². The van der Waals surface area contributed by atoms with Crippen LogP contribution in [-0.4, -0.2) is 84.7 Å². The molecule has 0 saturated carbocycles. The van der Waals surface area contributed by atoms with Gasteiger partial charge >= 0.3 is 0 Å². The molecule has 1 amide bonds. The number of rotatable bonds is 4. The van der Waals surface area contributed by atoms with Crippen molar-refractivity contribution in [3.05, 3.63) is 34.9 Å². The second kappa shape index (κ2) is 7.70. The molecule has 0 bridgehead atoms. The monoisotopic (exact) mass is 391 g/mol. The van der Waals surface area contributed by atoms with Crippen LogP contribution in [0.3, 0.4) is 0 Å². The molecular weight excluding hydrogens is 362 g/mol. The highest BCUT2D eigenvalue weighted by Crippen LogP contribution is 2.36. The van der Waals surface area contributed by atoms with Gasteiger partial charge in [-0.05, 0) is 43.1 Å². The number of likely N-dealkylation sites (tertiary alicyclic amines) is 1. The lowest BCUT2D eigenvalue weighted by Crippen LogP contribution is -2.80. The van der Waals surface area contributed by atoms with Gasteiger partial charge in [-0.25, -0.2) is 0 Å². The van der Waals surface area contributed by atoms with Gasteiger partial charge in [0.1, 0.15) is 0 Å². The predicted octanol–water partition coefficient (Wildman–Crippen LogP) is 2.60. The van der Waals surface area contributed by atoms with Crippen molar-refractivity contribution >= 4 is 17.5 Å². The third-order valence-corrected chi connectivity index (χ3v) is 6.44. The van der Waals surface area contributed by atoms with E-state index in [1.807, 2.05) is 17.0 Å². The average Bonchev–Trinajstić information content (AvgIpc) is 2.64. The van der Waals surface area contributed by atoms with E-state index in [4.69, 9.17) is 16.3 Å². The molecule has 1 aromatic rings. The minimum absolute atomic E-state index is 0.0890. The Labute approximate surface area is 167 Å². The standard InChI is InChI=1S/C21H30ClN3O2/c1-16(2)7-8-23-13-21(14-23)15-24(11-19-12-27-10-9-25(19)21)20(26)17-3-5-18(22)6-4-17/h3-6,16,19H,7-15H2,1-2H3/t19-/m1/s1. The van der Waals surface area contributed by atoms with Crippen LogP contribution in [0.15, 0.2) is 24.3 Å². The smallest absolute Gasteiger partial charge is 0.253 e. The largest absolute Gasteiger partial charge is 0.378 e. The van der Waals surface area contributed by atoms with Gasteiger partial charge in [-0.15, -0.1) is 0 Å². The van der Waals surface area contributed by atoms with Crippen LogP contribution in [0, 0.1) is 5.92 Å². The number of benzene rings is 1. The molecule has 3 heterocycles. The maximum Gasteiger partial charge on any atom is 0.253 e. The summed E-state index contributed by atoms with van der Waals surface area (Å²) in [6.07, 6.45) is 1.23. The molecule has 0 aromatic heterocycles. The average molecular weight is 392 g/mol. The van der Waals surface area contributed by atoms with Crippen LogP contribution in [0.5, 0.6) is 0 Å². The van der Waals surface area contributed by atoms with Gasteiger partial charge in [0.15, 0.2) is 0 Å². The molecular formula is C21H30ClN3O2. The first-order chi connectivity index (χ1) is 13.0. The van der Waals surface area contributed by atoms with Gasteiger partial charge in [0.2, 0.25) is 0 Å². The predicted molar refractivity (Wildman–Crippen MR) is 107 cm³/mol. The minimum atomic E-state index is 0.0890. The van der Waals surface area contributed by atoms with E-state index in [0.29, 0.717) is 11.1 Å². The topological polar surface area (TPSA) is 36.0 Å². The van der Waals surface area contributed by atoms with Gasteiger partial charge < -0.3 is 9.64 Å². The molecule has 0 radical (unpaired) electrons. The highest BCUT2D eigenvalue weighted by Gasteiger charge is 2.54. The molecule has 0 aliphatic carbocycles. The number of hydrogen-bond donors (Lipinski definition) is 0. The van der Waals surface area contributed by atoms with Gasteiger partial charge in [-0.2, -0.15) is 0 Å². The van der Waals surface area contributed by atoms with Crippen molar-refractivity contribution in [3.8, 4) is 0 Å². The summed E-state index contributed by atoms with van der Waals surface area (Å²) in [5.41, 5.74) is 0.807. The molecule has 0 unspecified atom stereocenters. The Morgan fingerprint density at radius 1 is 1.26 bits per heavy atom. The summed E-state index contributed by atoms with van der Waals surface area (Å²) in [7, 11) is 0. The van der Waals surface area contributed by atoms with Crippen molar-refractivity contribution in [2.75, 3.05) is 52.5 Å². The fraction of sp³-hybridized carbons (Fsp3) is 0.667. The second-order valence-electron chi connectivity index (χ2n) is 8.73. The number of hydrogen-bond acceptors (Lipinski definition) is 4. The lowest BCUT2D eigenvalue weighted by Gasteiger charge is -2.63. The fourth-order valence-corrected chi connectivity index (χ4v) is 4.92. The molecule has 148 valence electrons. The SMILES string of the molecule is CC(C)CCN1CC2(C1)CN(C(=O)c1ccc(Cl)cc1)C[C@@H]1COCCN12. The molecule has 4 rings (SSSR count). The highest BCUT2D eigenvalue weighted by molar-refractivity contribution is 6.30. The van der Waals surface area contributed by atoms with E-state index in [0.717, 1.165) is 64.0 Å². The number of carbonyl (C=O) groups excluding carboxylic acids is 1. The van der Waals surface area contributed by atoms with Crippen molar-refractivity contribution in [3.63, 3.8) is 0 Å². The van der Waals surface area contributed by atoms with E-state index < -0.39 is 0 Å². The zero-order valence-electron chi connectivity index (χ0n) is 16.4. The highest BCUT2D eigenvalue weighted by atomic mass is 35.5. The van der Waals surface area contributed by atoms with E-state index in [1.54, 1.807) is 12.1 Å². The summed E-state index contributed by atoms with van der Waals surface area (Å²) in [4.78, 5) is 20.3. The van der Waals surface area contributed by atoms with Crippen LogP contribution in [0.4, 0.5) is 0 Å². The number of piperazine rings is 1. The van der Waals surface area contributed by atoms with Gasteiger partial charge in [0.05, 0.1) is 24.8 Å². The van der Waals surface area contributed by atoms with Crippen LogP contribution >= 0.6 is 11.6 Å². The molecule has 3 aliphatic rings. The van der Waals surface area contributed by atoms with E-state index in [9.17, 15) is 4.79 Å².